The molecule has 3 unspecified atom stereocenters. The summed E-state index contributed by atoms with van der Waals surface area (Å²) in [4.78, 5) is 28.1. The fourth-order valence-electron chi connectivity index (χ4n) is 12.7. The van der Waals surface area contributed by atoms with E-state index in [1.54, 1.807) is 0 Å². The molecule has 0 aromatic carbocycles. The van der Waals surface area contributed by atoms with Crippen LogP contribution >= 0.6 is 0 Å². The Labute approximate surface area is 250 Å². The number of nitrogens with one attached hydrogen (secondary N) is 1. The fraction of sp³-hybridized carbons (Fsp3) is 0.892. The summed E-state index contributed by atoms with van der Waals surface area (Å²) < 4.78 is 0. The molecule has 4 heteroatoms. The lowest BCUT2D eigenvalue weighted by Gasteiger charge is -2.72. The second kappa shape index (κ2) is 9.93. The Bertz CT molecular complexity index is 1120. The van der Waals surface area contributed by atoms with Crippen LogP contribution in [0.5, 0.6) is 0 Å². The molecule has 0 spiro atoms. The van der Waals surface area contributed by atoms with E-state index in [2.05, 4.69) is 53.8 Å². The van der Waals surface area contributed by atoms with Crippen molar-refractivity contribution < 1.29 is 14.7 Å². The molecular weight excluding hydrogens is 506 g/mol. The van der Waals surface area contributed by atoms with E-state index in [-0.39, 0.29) is 45.4 Å². The third-order valence-electron chi connectivity index (χ3n) is 15.1. The Hall–Kier alpha value is -1.16. The summed E-state index contributed by atoms with van der Waals surface area (Å²) in [6, 6.07) is 0. The van der Waals surface area contributed by atoms with Crippen LogP contribution in [-0.2, 0) is 9.59 Å². The Morgan fingerprint density at radius 2 is 1.56 bits per heavy atom. The van der Waals surface area contributed by atoms with Crippen LogP contribution in [0.4, 0.5) is 0 Å². The van der Waals surface area contributed by atoms with Gasteiger partial charge in [0.2, 0.25) is 5.91 Å². The van der Waals surface area contributed by atoms with Crippen LogP contribution in [0, 0.1) is 56.7 Å². The maximum atomic E-state index is 14.3. The standard InChI is InChI=1S/C37H59NO3/c1-23(2)30-26(39)21-37(32(41)38-22-24-11-9-8-10-12-24)20-19-35(6)25(31(30)37)13-14-28-34(5)17-16-29(40)33(3,4)27(34)15-18-36(28,35)7/h23-25,27-29,40H,8-22H2,1-7H3,(H,38,41)/t25?,27?,28?,29-,34-,35+,36+,37+/m0/s1. The average Bonchev–Trinajstić information content (AvgIpc) is 3.24. The van der Waals surface area contributed by atoms with Gasteiger partial charge < -0.3 is 10.4 Å². The first-order chi connectivity index (χ1) is 19.2. The highest BCUT2D eigenvalue weighted by molar-refractivity contribution is 6.06. The maximum absolute atomic E-state index is 14.3. The largest absolute Gasteiger partial charge is 0.393 e. The molecule has 0 aliphatic heterocycles. The van der Waals surface area contributed by atoms with Crippen LogP contribution in [0.2, 0.25) is 0 Å². The van der Waals surface area contributed by atoms with Crippen LogP contribution < -0.4 is 5.32 Å². The summed E-state index contributed by atoms with van der Waals surface area (Å²) in [6.45, 7) is 17.5. The van der Waals surface area contributed by atoms with Crippen LogP contribution in [0.1, 0.15) is 138 Å². The van der Waals surface area contributed by atoms with Crippen molar-refractivity contribution in [3.8, 4) is 0 Å². The second-order valence-electron chi connectivity index (χ2n) is 17.4. The average molecular weight is 566 g/mol. The van der Waals surface area contributed by atoms with Gasteiger partial charge >= 0.3 is 0 Å². The van der Waals surface area contributed by atoms with Crippen LogP contribution in [0.25, 0.3) is 0 Å². The number of allylic oxidation sites excluding steroid dienone is 1. The Morgan fingerprint density at radius 1 is 0.854 bits per heavy atom. The summed E-state index contributed by atoms with van der Waals surface area (Å²) in [7, 11) is 0. The zero-order chi connectivity index (χ0) is 29.6. The quantitative estimate of drug-likeness (QED) is 0.363. The molecule has 0 saturated heterocycles. The number of fused-ring (bicyclic) bond motifs is 7. The van der Waals surface area contributed by atoms with Crippen molar-refractivity contribution in [1.82, 2.24) is 5.32 Å². The first kappa shape index (κ1) is 29.9. The van der Waals surface area contributed by atoms with E-state index in [9.17, 15) is 14.7 Å². The van der Waals surface area contributed by atoms with E-state index in [0.29, 0.717) is 30.1 Å². The van der Waals surface area contributed by atoms with Crippen molar-refractivity contribution >= 4 is 11.7 Å². The lowest BCUT2D eigenvalue weighted by molar-refractivity contribution is -0.228. The second-order valence-corrected chi connectivity index (χ2v) is 17.4. The molecule has 0 aromatic heterocycles. The van der Waals surface area contributed by atoms with E-state index < -0.39 is 5.41 Å². The van der Waals surface area contributed by atoms with Gasteiger partial charge in [-0.25, -0.2) is 0 Å². The first-order valence-electron chi connectivity index (χ1n) is 17.5. The third kappa shape index (κ3) is 4.07. The molecule has 6 rings (SSSR count). The number of carbonyl (C=O) groups excluding carboxylic acids is 2. The van der Waals surface area contributed by atoms with Crippen molar-refractivity contribution in [2.75, 3.05) is 6.54 Å². The molecule has 41 heavy (non-hydrogen) atoms. The molecule has 2 N–H and O–H groups in total. The minimum absolute atomic E-state index is 0.0462. The highest BCUT2D eigenvalue weighted by Crippen LogP contribution is 2.76. The minimum Gasteiger partial charge on any atom is -0.393 e. The van der Waals surface area contributed by atoms with Crippen molar-refractivity contribution in [3.63, 3.8) is 0 Å². The molecule has 8 atom stereocenters. The number of aliphatic hydroxyl groups is 1. The van der Waals surface area contributed by atoms with Gasteiger partial charge in [0, 0.05) is 13.0 Å². The molecule has 0 bridgehead atoms. The summed E-state index contributed by atoms with van der Waals surface area (Å²) in [6.07, 6.45) is 15.1. The monoisotopic (exact) mass is 565 g/mol. The predicted molar refractivity (Wildman–Crippen MR) is 165 cm³/mol. The zero-order valence-corrected chi connectivity index (χ0v) is 27.3. The third-order valence-corrected chi connectivity index (χ3v) is 15.1. The number of amides is 1. The summed E-state index contributed by atoms with van der Waals surface area (Å²) >= 11 is 0. The molecule has 4 nitrogen and oxygen atoms in total. The van der Waals surface area contributed by atoms with Gasteiger partial charge in [0.15, 0.2) is 5.78 Å². The normalized spacial score (nSPS) is 46.0. The predicted octanol–water partition coefficient (Wildman–Crippen LogP) is 8.02. The van der Waals surface area contributed by atoms with Crippen LogP contribution in [0.3, 0.4) is 0 Å². The van der Waals surface area contributed by atoms with Crippen LogP contribution in [0.15, 0.2) is 11.1 Å². The lowest BCUT2D eigenvalue weighted by atomic mass is 9.33. The summed E-state index contributed by atoms with van der Waals surface area (Å²) in [5.41, 5.74) is 2.10. The van der Waals surface area contributed by atoms with Gasteiger partial charge in [0.1, 0.15) is 0 Å². The number of carbonyl (C=O) groups is 2. The maximum Gasteiger partial charge on any atom is 0.230 e. The van der Waals surface area contributed by atoms with Gasteiger partial charge in [0.05, 0.1) is 11.5 Å². The topological polar surface area (TPSA) is 66.4 Å². The molecular formula is C37H59NO3. The van der Waals surface area contributed by atoms with Crippen molar-refractivity contribution in [2.24, 2.45) is 56.7 Å². The van der Waals surface area contributed by atoms with Crippen molar-refractivity contribution in [2.45, 2.75) is 144 Å². The molecule has 0 aromatic rings. The Balaban J connectivity index is 1.36. The number of hydrogen-bond donors (Lipinski definition) is 2. The molecule has 6 aliphatic rings. The van der Waals surface area contributed by atoms with Crippen molar-refractivity contribution in [1.29, 1.82) is 0 Å². The fourth-order valence-corrected chi connectivity index (χ4v) is 12.7. The summed E-state index contributed by atoms with van der Waals surface area (Å²) in [5.74, 6) is 2.64. The highest BCUT2D eigenvalue weighted by atomic mass is 16.3. The molecule has 6 aliphatic carbocycles. The number of Topliss-reactive ketones (excluding diaryl/α,β-unsaturated/α-hetero) is 1. The van der Waals surface area contributed by atoms with Crippen molar-refractivity contribution in [3.05, 3.63) is 11.1 Å². The minimum atomic E-state index is -0.628. The molecule has 230 valence electrons. The van der Waals surface area contributed by atoms with Gasteiger partial charge in [-0.05, 0) is 127 Å². The van der Waals surface area contributed by atoms with E-state index >= 15 is 0 Å². The van der Waals surface area contributed by atoms with Gasteiger partial charge in [0.25, 0.3) is 0 Å². The van der Waals surface area contributed by atoms with E-state index in [1.165, 1.54) is 56.9 Å². The number of ketones is 1. The van der Waals surface area contributed by atoms with Gasteiger partial charge in [-0.1, -0.05) is 67.7 Å². The SMILES string of the molecule is CC(C)C1=C2C3CCC4[C@@]5(C)CC[C@H](O)C(C)(C)C5CC[C@@]4(C)[C@]3(C)CC[C@@]2(C(=O)NCC2CCCCC2)CC1=O. The van der Waals surface area contributed by atoms with E-state index in [0.717, 1.165) is 44.2 Å². The van der Waals surface area contributed by atoms with Gasteiger partial charge in [-0.2, -0.15) is 0 Å². The Kier molecular flexibility index (Phi) is 7.24. The number of aliphatic hydroxyl groups excluding tert-OH is 1. The number of rotatable bonds is 4. The van der Waals surface area contributed by atoms with Gasteiger partial charge in [-0.15, -0.1) is 0 Å². The molecule has 0 heterocycles. The first-order valence-corrected chi connectivity index (χ1v) is 17.5. The molecule has 5 fully saturated rings. The van der Waals surface area contributed by atoms with E-state index in [4.69, 9.17) is 0 Å². The zero-order valence-electron chi connectivity index (χ0n) is 27.3. The highest BCUT2D eigenvalue weighted by Gasteiger charge is 2.70. The van der Waals surface area contributed by atoms with Gasteiger partial charge in [-0.3, -0.25) is 9.59 Å². The molecule has 5 saturated carbocycles. The number of hydrogen-bond acceptors (Lipinski definition) is 3. The molecule has 0 radical (unpaired) electrons. The van der Waals surface area contributed by atoms with Crippen LogP contribution in [-0.4, -0.2) is 29.4 Å². The Morgan fingerprint density at radius 3 is 2.24 bits per heavy atom. The lowest BCUT2D eigenvalue weighted by Crippen LogP contribution is -2.66. The smallest absolute Gasteiger partial charge is 0.230 e. The molecule has 1 amide bonds. The summed E-state index contributed by atoms with van der Waals surface area (Å²) in [5, 5.41) is 14.5. The van der Waals surface area contributed by atoms with E-state index in [1.807, 2.05) is 0 Å².